The molecule has 1 N–H and O–H groups in total. The van der Waals surface area contributed by atoms with E-state index in [0.717, 1.165) is 15.7 Å². The van der Waals surface area contributed by atoms with Crippen LogP contribution in [0.4, 0.5) is 5.13 Å². The van der Waals surface area contributed by atoms with Gasteiger partial charge in [-0.15, -0.1) is 10.2 Å². The summed E-state index contributed by atoms with van der Waals surface area (Å²) in [5.41, 5.74) is 0.858. The highest BCUT2D eigenvalue weighted by molar-refractivity contribution is 8.00. The molecule has 1 heterocycles. The van der Waals surface area contributed by atoms with Gasteiger partial charge in [-0.05, 0) is 25.3 Å². The first-order valence-electron chi connectivity index (χ1n) is 6.31. The molecular weight excluding hydrogens is 306 g/mol. The number of hydrogen-bond acceptors (Lipinski definition) is 6. The van der Waals surface area contributed by atoms with Crippen LogP contribution in [0.5, 0.6) is 5.75 Å². The van der Waals surface area contributed by atoms with Crippen LogP contribution in [0.3, 0.4) is 0 Å². The number of para-hydroxylation sites is 1. The number of amides is 1. The van der Waals surface area contributed by atoms with Gasteiger partial charge in [0.15, 0.2) is 4.34 Å². The molecule has 0 unspecified atom stereocenters. The molecule has 21 heavy (non-hydrogen) atoms. The minimum absolute atomic E-state index is 0.245. The summed E-state index contributed by atoms with van der Waals surface area (Å²) in [7, 11) is 0. The molecule has 0 saturated heterocycles. The summed E-state index contributed by atoms with van der Waals surface area (Å²) in [5.74, 6) is 0.509. The Morgan fingerprint density at radius 1 is 1.43 bits per heavy atom. The molecule has 0 spiro atoms. The molecule has 0 radical (unpaired) electrons. The van der Waals surface area contributed by atoms with E-state index >= 15 is 0 Å². The summed E-state index contributed by atoms with van der Waals surface area (Å²) < 4.78 is 6.32. The summed E-state index contributed by atoms with van der Waals surface area (Å²) in [4.78, 5) is 11.8. The third kappa shape index (κ3) is 4.57. The van der Waals surface area contributed by atoms with Crippen molar-refractivity contribution in [1.29, 1.82) is 0 Å². The fourth-order valence-corrected chi connectivity index (χ4v) is 2.73. The van der Waals surface area contributed by atoms with Gasteiger partial charge in [0.1, 0.15) is 5.75 Å². The molecule has 1 aromatic carbocycles. The third-order valence-electron chi connectivity index (χ3n) is 2.44. The van der Waals surface area contributed by atoms with Crippen molar-refractivity contribution >= 4 is 40.2 Å². The lowest BCUT2D eigenvalue weighted by Crippen LogP contribution is -2.07. The van der Waals surface area contributed by atoms with Crippen molar-refractivity contribution in [3.63, 3.8) is 0 Å². The number of rotatable bonds is 6. The molecule has 0 aliphatic heterocycles. The monoisotopic (exact) mass is 321 g/mol. The molecule has 2 rings (SSSR count). The number of anilines is 1. The van der Waals surface area contributed by atoms with Gasteiger partial charge in [-0.1, -0.05) is 41.3 Å². The predicted molar refractivity (Wildman–Crippen MR) is 87.0 cm³/mol. The van der Waals surface area contributed by atoms with Gasteiger partial charge in [-0.3, -0.25) is 10.1 Å². The van der Waals surface area contributed by atoms with Crippen LogP contribution in [0.25, 0.3) is 6.08 Å². The second kappa shape index (κ2) is 7.80. The van der Waals surface area contributed by atoms with Crippen LogP contribution in [0, 0.1) is 0 Å². The number of nitrogens with zero attached hydrogens (tertiary/aromatic N) is 2. The molecule has 0 atom stereocenters. The van der Waals surface area contributed by atoms with Gasteiger partial charge in [0.25, 0.3) is 0 Å². The molecule has 0 aliphatic rings. The zero-order chi connectivity index (χ0) is 15.1. The molecule has 0 bridgehead atoms. The number of thioether (sulfide) groups is 1. The average molecular weight is 321 g/mol. The topological polar surface area (TPSA) is 64.1 Å². The van der Waals surface area contributed by atoms with E-state index < -0.39 is 0 Å². The Bertz CT molecular complexity index is 641. The summed E-state index contributed by atoms with van der Waals surface area (Å²) in [5, 5.41) is 11.0. The molecule has 0 saturated carbocycles. The average Bonchev–Trinajstić information content (AvgIpc) is 2.94. The summed E-state index contributed by atoms with van der Waals surface area (Å²) >= 11 is 2.84. The van der Waals surface area contributed by atoms with Crippen LogP contribution >= 0.6 is 23.1 Å². The normalized spacial score (nSPS) is 10.8. The number of benzene rings is 1. The van der Waals surface area contributed by atoms with E-state index in [2.05, 4.69) is 15.5 Å². The SMILES string of the molecule is CCOc1ccccc1/C=C/C(=O)Nc1nnc(SC)s1. The molecule has 0 aliphatic carbocycles. The number of aromatic nitrogens is 2. The standard InChI is InChI=1S/C14H15N3O2S2/c1-3-19-11-7-5-4-6-10(11)8-9-12(18)15-13-16-17-14(20-2)21-13/h4-9H,3H2,1-2H3,(H,15,16,18)/b9-8+. The first-order valence-corrected chi connectivity index (χ1v) is 8.35. The summed E-state index contributed by atoms with van der Waals surface area (Å²) in [6, 6.07) is 7.56. The van der Waals surface area contributed by atoms with Gasteiger partial charge in [0, 0.05) is 11.6 Å². The van der Waals surface area contributed by atoms with Crippen LogP contribution in [-0.2, 0) is 4.79 Å². The number of nitrogens with one attached hydrogen (secondary N) is 1. The maximum Gasteiger partial charge on any atom is 0.250 e. The molecule has 110 valence electrons. The number of ether oxygens (including phenoxy) is 1. The van der Waals surface area contributed by atoms with E-state index in [1.54, 1.807) is 6.08 Å². The Morgan fingerprint density at radius 2 is 2.24 bits per heavy atom. The number of hydrogen-bond donors (Lipinski definition) is 1. The zero-order valence-electron chi connectivity index (χ0n) is 11.7. The lowest BCUT2D eigenvalue weighted by Gasteiger charge is -2.05. The summed E-state index contributed by atoms with van der Waals surface area (Å²) in [6.07, 6.45) is 5.09. The van der Waals surface area contributed by atoms with Gasteiger partial charge in [-0.25, -0.2) is 0 Å². The molecule has 7 heteroatoms. The Balaban J connectivity index is 2.01. The Labute approximate surface area is 131 Å². The van der Waals surface area contributed by atoms with Crippen molar-refractivity contribution in [2.75, 3.05) is 18.2 Å². The van der Waals surface area contributed by atoms with Crippen LogP contribution < -0.4 is 10.1 Å². The van der Waals surface area contributed by atoms with Crippen molar-refractivity contribution in [3.05, 3.63) is 35.9 Å². The van der Waals surface area contributed by atoms with Crippen LogP contribution in [-0.4, -0.2) is 29.0 Å². The number of carbonyl (C=O) groups is 1. The van der Waals surface area contributed by atoms with Gasteiger partial charge < -0.3 is 4.74 Å². The van der Waals surface area contributed by atoms with Gasteiger partial charge in [-0.2, -0.15) is 0 Å². The van der Waals surface area contributed by atoms with E-state index in [1.807, 2.05) is 37.4 Å². The maximum absolute atomic E-state index is 11.8. The van der Waals surface area contributed by atoms with E-state index in [9.17, 15) is 4.79 Å². The van der Waals surface area contributed by atoms with Crippen molar-refractivity contribution in [1.82, 2.24) is 10.2 Å². The first-order chi connectivity index (χ1) is 10.2. The first kappa shape index (κ1) is 15.5. The van der Waals surface area contributed by atoms with E-state index in [1.165, 1.54) is 29.2 Å². The minimum Gasteiger partial charge on any atom is -0.493 e. The lowest BCUT2D eigenvalue weighted by atomic mass is 10.2. The Morgan fingerprint density at radius 3 is 2.95 bits per heavy atom. The highest BCUT2D eigenvalue weighted by Crippen LogP contribution is 2.23. The van der Waals surface area contributed by atoms with Gasteiger partial charge in [0.2, 0.25) is 11.0 Å². The maximum atomic E-state index is 11.8. The Hall–Kier alpha value is -1.86. The minimum atomic E-state index is -0.245. The van der Waals surface area contributed by atoms with Crippen LogP contribution in [0.1, 0.15) is 12.5 Å². The second-order valence-electron chi connectivity index (χ2n) is 3.87. The van der Waals surface area contributed by atoms with E-state index in [-0.39, 0.29) is 5.91 Å². The Kier molecular flexibility index (Phi) is 5.77. The van der Waals surface area contributed by atoms with Gasteiger partial charge >= 0.3 is 0 Å². The molecule has 2 aromatic rings. The molecular formula is C14H15N3O2S2. The lowest BCUT2D eigenvalue weighted by molar-refractivity contribution is -0.111. The smallest absolute Gasteiger partial charge is 0.250 e. The highest BCUT2D eigenvalue weighted by atomic mass is 32.2. The fraction of sp³-hybridized carbons (Fsp3) is 0.214. The van der Waals surface area contributed by atoms with E-state index in [4.69, 9.17) is 4.74 Å². The van der Waals surface area contributed by atoms with E-state index in [0.29, 0.717) is 11.7 Å². The zero-order valence-corrected chi connectivity index (χ0v) is 13.3. The highest BCUT2D eigenvalue weighted by Gasteiger charge is 2.05. The molecule has 0 fully saturated rings. The number of carbonyl (C=O) groups excluding carboxylic acids is 1. The second-order valence-corrected chi connectivity index (χ2v) is 5.90. The van der Waals surface area contributed by atoms with Crippen molar-refractivity contribution < 1.29 is 9.53 Å². The van der Waals surface area contributed by atoms with Crippen molar-refractivity contribution in [3.8, 4) is 5.75 Å². The van der Waals surface area contributed by atoms with Crippen molar-refractivity contribution in [2.45, 2.75) is 11.3 Å². The van der Waals surface area contributed by atoms with Crippen LogP contribution in [0.15, 0.2) is 34.7 Å². The van der Waals surface area contributed by atoms with Gasteiger partial charge in [0.05, 0.1) is 6.61 Å². The predicted octanol–water partition coefficient (Wildman–Crippen LogP) is 3.31. The molecule has 1 aromatic heterocycles. The fourth-order valence-electron chi connectivity index (χ4n) is 1.56. The van der Waals surface area contributed by atoms with Crippen LogP contribution in [0.2, 0.25) is 0 Å². The third-order valence-corrected chi connectivity index (χ3v) is 4.26. The van der Waals surface area contributed by atoms with Crippen molar-refractivity contribution in [2.24, 2.45) is 0 Å². The molecule has 1 amide bonds. The quantitative estimate of drug-likeness (QED) is 0.502. The summed E-state index contributed by atoms with van der Waals surface area (Å²) in [6.45, 7) is 2.51. The largest absolute Gasteiger partial charge is 0.493 e. The molecule has 5 nitrogen and oxygen atoms in total.